The molecule has 0 bridgehead atoms. The van der Waals surface area contributed by atoms with Gasteiger partial charge in [0.15, 0.2) is 0 Å². The summed E-state index contributed by atoms with van der Waals surface area (Å²) in [6.45, 7) is 2.07. The molecule has 0 unspecified atom stereocenters. The van der Waals surface area contributed by atoms with Gasteiger partial charge < -0.3 is 4.74 Å². The molecule has 74 valence electrons. The summed E-state index contributed by atoms with van der Waals surface area (Å²) in [4.78, 5) is 10.9. The van der Waals surface area contributed by atoms with Gasteiger partial charge in [-0.3, -0.25) is 0 Å². The molecule has 0 aliphatic carbocycles. The quantitative estimate of drug-likeness (QED) is 0.545. The molecular weight excluding hydrogens is 183 g/mol. The average molecular weight is 194 g/mol. The normalized spacial score (nSPS) is 10.4. The first-order valence-electron chi connectivity index (χ1n) is 4.33. The fourth-order valence-electron chi connectivity index (χ4n) is 0.965. The lowest BCUT2D eigenvalue weighted by Gasteiger charge is -1.95. The molecule has 0 atom stereocenters. The third kappa shape index (κ3) is 3.39. The minimum atomic E-state index is -0.420. The van der Waals surface area contributed by atoms with Crippen molar-refractivity contribution in [3.8, 4) is 0 Å². The smallest absolute Gasteiger partial charge is 0.330 e. The molecule has 1 rings (SSSR count). The van der Waals surface area contributed by atoms with E-state index in [-0.39, 0.29) is 5.82 Å². The number of carbonyl (C=O) groups is 1. The highest BCUT2D eigenvalue weighted by molar-refractivity contribution is 5.86. The molecule has 0 saturated heterocycles. The Balaban J connectivity index is 2.64. The summed E-state index contributed by atoms with van der Waals surface area (Å²) in [6, 6.07) is 5.98. The zero-order valence-corrected chi connectivity index (χ0v) is 7.87. The van der Waals surface area contributed by atoms with Crippen molar-refractivity contribution in [1.29, 1.82) is 0 Å². The lowest BCUT2D eigenvalue weighted by atomic mass is 10.2. The van der Waals surface area contributed by atoms with Crippen molar-refractivity contribution in [3.05, 3.63) is 41.7 Å². The van der Waals surface area contributed by atoms with Crippen LogP contribution in [0, 0.1) is 5.82 Å². The molecule has 0 amide bonds. The van der Waals surface area contributed by atoms with Gasteiger partial charge in [-0.2, -0.15) is 0 Å². The van der Waals surface area contributed by atoms with Crippen molar-refractivity contribution in [2.45, 2.75) is 6.92 Å². The van der Waals surface area contributed by atoms with E-state index in [1.807, 2.05) is 0 Å². The van der Waals surface area contributed by atoms with Gasteiger partial charge in [0.2, 0.25) is 0 Å². The minimum Gasteiger partial charge on any atom is -0.463 e. The molecule has 3 heteroatoms. The summed E-state index contributed by atoms with van der Waals surface area (Å²) in [5.41, 5.74) is 0.637. The van der Waals surface area contributed by atoms with E-state index in [9.17, 15) is 9.18 Å². The van der Waals surface area contributed by atoms with Gasteiger partial charge in [0, 0.05) is 6.08 Å². The molecule has 14 heavy (non-hydrogen) atoms. The largest absolute Gasteiger partial charge is 0.463 e. The predicted molar refractivity (Wildman–Crippen MR) is 52.1 cm³/mol. The van der Waals surface area contributed by atoms with E-state index in [1.54, 1.807) is 19.1 Å². The SMILES string of the molecule is CCOC(=O)C=Cc1cccc(F)c1. The monoisotopic (exact) mass is 194 g/mol. The second-order valence-electron chi connectivity index (χ2n) is 2.64. The van der Waals surface area contributed by atoms with Crippen molar-refractivity contribution in [2.24, 2.45) is 0 Å². The van der Waals surface area contributed by atoms with Crippen LogP contribution in [-0.2, 0) is 9.53 Å². The molecular formula is C11H11FO2. The number of hydrogen-bond acceptors (Lipinski definition) is 2. The molecule has 0 aliphatic rings. The van der Waals surface area contributed by atoms with E-state index >= 15 is 0 Å². The Bertz CT molecular complexity index is 345. The van der Waals surface area contributed by atoms with E-state index in [4.69, 9.17) is 0 Å². The molecule has 0 aromatic heterocycles. The Kier molecular flexibility index (Phi) is 3.85. The molecule has 0 heterocycles. The van der Waals surface area contributed by atoms with Gasteiger partial charge in [-0.15, -0.1) is 0 Å². The summed E-state index contributed by atoms with van der Waals surface area (Å²) >= 11 is 0. The maximum Gasteiger partial charge on any atom is 0.330 e. The third-order valence-corrected chi connectivity index (χ3v) is 1.55. The maximum absolute atomic E-state index is 12.7. The Morgan fingerprint density at radius 1 is 1.57 bits per heavy atom. The van der Waals surface area contributed by atoms with Crippen molar-refractivity contribution in [2.75, 3.05) is 6.61 Å². The van der Waals surface area contributed by atoms with Gasteiger partial charge in [0.05, 0.1) is 6.61 Å². The van der Waals surface area contributed by atoms with Crippen LogP contribution in [0.5, 0.6) is 0 Å². The number of ether oxygens (including phenoxy) is 1. The minimum absolute atomic E-state index is 0.323. The molecule has 2 nitrogen and oxygen atoms in total. The van der Waals surface area contributed by atoms with Gasteiger partial charge in [-0.05, 0) is 30.7 Å². The number of halogens is 1. The van der Waals surface area contributed by atoms with Gasteiger partial charge in [0.1, 0.15) is 5.82 Å². The number of benzene rings is 1. The van der Waals surface area contributed by atoms with Crippen LogP contribution in [0.3, 0.4) is 0 Å². The fraction of sp³-hybridized carbons (Fsp3) is 0.182. The number of rotatable bonds is 3. The highest BCUT2D eigenvalue weighted by atomic mass is 19.1. The number of esters is 1. The lowest BCUT2D eigenvalue weighted by molar-refractivity contribution is -0.137. The van der Waals surface area contributed by atoms with Crippen LogP contribution in [0.2, 0.25) is 0 Å². The number of hydrogen-bond donors (Lipinski definition) is 0. The summed E-state index contributed by atoms with van der Waals surface area (Å²) < 4.78 is 17.4. The van der Waals surface area contributed by atoms with Crippen molar-refractivity contribution >= 4 is 12.0 Å². The van der Waals surface area contributed by atoms with Crippen LogP contribution in [0.25, 0.3) is 6.08 Å². The fourth-order valence-corrected chi connectivity index (χ4v) is 0.965. The van der Waals surface area contributed by atoms with Gasteiger partial charge in [0.25, 0.3) is 0 Å². The second-order valence-corrected chi connectivity index (χ2v) is 2.64. The molecule has 0 spiro atoms. The Hall–Kier alpha value is -1.64. The Morgan fingerprint density at radius 3 is 3.00 bits per heavy atom. The van der Waals surface area contributed by atoms with E-state index in [0.29, 0.717) is 12.2 Å². The molecule has 0 radical (unpaired) electrons. The maximum atomic E-state index is 12.7. The lowest BCUT2D eigenvalue weighted by Crippen LogP contribution is -1.98. The summed E-state index contributed by atoms with van der Waals surface area (Å²) in [7, 11) is 0. The van der Waals surface area contributed by atoms with Crippen LogP contribution in [0.4, 0.5) is 4.39 Å². The predicted octanol–water partition coefficient (Wildman–Crippen LogP) is 2.40. The zero-order chi connectivity index (χ0) is 10.4. The molecule has 0 saturated carbocycles. The Labute approximate surface area is 82.0 Å². The van der Waals surface area contributed by atoms with Crippen molar-refractivity contribution in [1.82, 2.24) is 0 Å². The van der Waals surface area contributed by atoms with E-state index in [2.05, 4.69) is 4.74 Å². The van der Waals surface area contributed by atoms with E-state index in [1.165, 1.54) is 24.3 Å². The van der Waals surface area contributed by atoms with E-state index in [0.717, 1.165) is 0 Å². The van der Waals surface area contributed by atoms with Crippen LogP contribution < -0.4 is 0 Å². The van der Waals surface area contributed by atoms with Crippen molar-refractivity contribution < 1.29 is 13.9 Å². The van der Waals surface area contributed by atoms with Crippen molar-refractivity contribution in [3.63, 3.8) is 0 Å². The molecule has 0 fully saturated rings. The van der Waals surface area contributed by atoms with Gasteiger partial charge in [-0.1, -0.05) is 12.1 Å². The summed E-state index contributed by atoms with van der Waals surface area (Å²) in [5, 5.41) is 0. The highest BCUT2D eigenvalue weighted by Crippen LogP contribution is 2.05. The second kappa shape index (κ2) is 5.17. The van der Waals surface area contributed by atoms with Crippen LogP contribution in [0.15, 0.2) is 30.3 Å². The standard InChI is InChI=1S/C11H11FO2/c1-2-14-11(13)7-6-9-4-3-5-10(12)8-9/h3-8H,2H2,1H3. The summed E-state index contributed by atoms with van der Waals surface area (Å²) in [5.74, 6) is -0.743. The first-order valence-corrected chi connectivity index (χ1v) is 4.33. The zero-order valence-electron chi connectivity index (χ0n) is 7.87. The first-order chi connectivity index (χ1) is 6.72. The molecule has 1 aromatic rings. The van der Waals surface area contributed by atoms with E-state index < -0.39 is 5.97 Å². The third-order valence-electron chi connectivity index (χ3n) is 1.55. The topological polar surface area (TPSA) is 26.3 Å². The van der Waals surface area contributed by atoms with Gasteiger partial charge in [-0.25, -0.2) is 9.18 Å². The average Bonchev–Trinajstić information content (AvgIpc) is 2.15. The van der Waals surface area contributed by atoms with Crippen LogP contribution >= 0.6 is 0 Å². The van der Waals surface area contributed by atoms with Crippen LogP contribution in [0.1, 0.15) is 12.5 Å². The summed E-state index contributed by atoms with van der Waals surface area (Å²) in [6.07, 6.45) is 2.79. The van der Waals surface area contributed by atoms with Crippen LogP contribution in [-0.4, -0.2) is 12.6 Å². The number of carbonyl (C=O) groups excluding carboxylic acids is 1. The van der Waals surface area contributed by atoms with Gasteiger partial charge >= 0.3 is 5.97 Å². The molecule has 0 aliphatic heterocycles. The Morgan fingerprint density at radius 2 is 2.36 bits per heavy atom. The molecule has 1 aromatic carbocycles. The highest BCUT2D eigenvalue weighted by Gasteiger charge is 1.94. The molecule has 0 N–H and O–H groups in total. The first kappa shape index (κ1) is 10.4.